The topological polar surface area (TPSA) is 39.7 Å². The van der Waals surface area contributed by atoms with E-state index in [-0.39, 0.29) is 0 Å². The van der Waals surface area contributed by atoms with Crippen LogP contribution in [0, 0.1) is 5.92 Å². The van der Waals surface area contributed by atoms with Crippen molar-refractivity contribution in [3.63, 3.8) is 0 Å². The van der Waals surface area contributed by atoms with Gasteiger partial charge in [-0.1, -0.05) is 6.07 Å². The highest BCUT2D eigenvalue weighted by atomic mass is 16.5. The van der Waals surface area contributed by atoms with Crippen molar-refractivity contribution in [1.82, 2.24) is 5.32 Å². The van der Waals surface area contributed by atoms with Gasteiger partial charge in [0.15, 0.2) is 11.5 Å². The Morgan fingerprint density at radius 2 is 1.86 bits per heavy atom. The molecule has 0 aromatic heterocycles. The first-order chi connectivity index (χ1) is 10.3. The Kier molecular flexibility index (Phi) is 4.99. The fraction of sp³-hybridized carbons (Fsp3) is 0.647. The highest BCUT2D eigenvalue weighted by Crippen LogP contribution is 2.30. The van der Waals surface area contributed by atoms with Gasteiger partial charge in [-0.3, -0.25) is 0 Å². The molecule has 4 heteroatoms. The predicted molar refractivity (Wildman–Crippen MR) is 81.9 cm³/mol. The molecule has 1 fully saturated rings. The van der Waals surface area contributed by atoms with Gasteiger partial charge in [-0.15, -0.1) is 0 Å². The second-order valence-corrected chi connectivity index (χ2v) is 5.95. The van der Waals surface area contributed by atoms with Crippen LogP contribution in [0.4, 0.5) is 0 Å². The van der Waals surface area contributed by atoms with E-state index in [0.717, 1.165) is 69.7 Å². The summed E-state index contributed by atoms with van der Waals surface area (Å²) in [4.78, 5) is 0. The second kappa shape index (κ2) is 7.14. The number of benzene rings is 1. The lowest BCUT2D eigenvalue weighted by Crippen LogP contribution is -2.36. The van der Waals surface area contributed by atoms with Crippen molar-refractivity contribution < 1.29 is 14.2 Å². The fourth-order valence-electron chi connectivity index (χ4n) is 2.98. The third-order valence-corrected chi connectivity index (χ3v) is 4.41. The number of rotatable bonds is 4. The summed E-state index contributed by atoms with van der Waals surface area (Å²) in [5.41, 5.74) is 1.25. The third kappa shape index (κ3) is 3.89. The third-order valence-electron chi connectivity index (χ3n) is 4.41. The van der Waals surface area contributed by atoms with Crippen molar-refractivity contribution >= 4 is 0 Å². The molecule has 21 heavy (non-hydrogen) atoms. The Hall–Kier alpha value is -1.26. The van der Waals surface area contributed by atoms with Crippen molar-refractivity contribution in [1.29, 1.82) is 0 Å². The quantitative estimate of drug-likeness (QED) is 0.926. The highest BCUT2D eigenvalue weighted by molar-refractivity contribution is 5.43. The molecular weight excluding hydrogens is 266 g/mol. The van der Waals surface area contributed by atoms with E-state index in [0.29, 0.717) is 6.04 Å². The van der Waals surface area contributed by atoms with E-state index in [1.165, 1.54) is 5.56 Å². The maximum atomic E-state index is 5.74. The zero-order valence-corrected chi connectivity index (χ0v) is 12.8. The molecule has 116 valence electrons. The molecular formula is C17H25NO3. The van der Waals surface area contributed by atoms with Crippen molar-refractivity contribution in [2.24, 2.45) is 5.92 Å². The van der Waals surface area contributed by atoms with Gasteiger partial charge in [0.1, 0.15) is 0 Å². The van der Waals surface area contributed by atoms with Gasteiger partial charge in [-0.25, -0.2) is 0 Å². The predicted octanol–water partition coefficient (Wildman–Crippen LogP) is 2.75. The minimum atomic E-state index is 0.518. The Bertz CT molecular complexity index is 457. The Morgan fingerprint density at radius 3 is 2.67 bits per heavy atom. The summed E-state index contributed by atoms with van der Waals surface area (Å²) in [5.74, 6) is 2.47. The van der Waals surface area contributed by atoms with Crippen LogP contribution >= 0.6 is 0 Å². The average molecular weight is 291 g/mol. The lowest BCUT2D eigenvalue weighted by atomic mass is 9.93. The van der Waals surface area contributed by atoms with Crippen LogP contribution in [0.3, 0.4) is 0 Å². The maximum absolute atomic E-state index is 5.74. The van der Waals surface area contributed by atoms with E-state index < -0.39 is 0 Å². The summed E-state index contributed by atoms with van der Waals surface area (Å²) in [6, 6.07) is 6.77. The Labute approximate surface area is 126 Å². The van der Waals surface area contributed by atoms with E-state index >= 15 is 0 Å². The van der Waals surface area contributed by atoms with E-state index in [1.54, 1.807) is 0 Å². The lowest BCUT2D eigenvalue weighted by Gasteiger charge is -2.28. The lowest BCUT2D eigenvalue weighted by molar-refractivity contribution is 0.0558. The van der Waals surface area contributed by atoms with Gasteiger partial charge in [0.05, 0.1) is 13.2 Å². The normalized spacial score (nSPS) is 20.8. The molecule has 1 unspecified atom stereocenters. The second-order valence-electron chi connectivity index (χ2n) is 5.95. The first-order valence-electron chi connectivity index (χ1n) is 8.02. The molecule has 1 atom stereocenters. The van der Waals surface area contributed by atoms with Gasteiger partial charge in [0, 0.05) is 32.2 Å². The molecule has 3 rings (SSSR count). The Balaban J connectivity index is 1.56. The number of hydrogen-bond donors (Lipinski definition) is 1. The standard InChI is InChI=1S/C17H25NO3/c1-13(15-5-9-19-10-6-15)18-12-14-3-4-16-17(11-14)21-8-2-7-20-16/h3-4,11,13,15,18H,2,5-10,12H2,1H3. The Morgan fingerprint density at radius 1 is 1.10 bits per heavy atom. The van der Waals surface area contributed by atoms with Gasteiger partial charge >= 0.3 is 0 Å². The molecule has 1 aromatic carbocycles. The van der Waals surface area contributed by atoms with E-state index in [9.17, 15) is 0 Å². The zero-order valence-electron chi connectivity index (χ0n) is 12.8. The van der Waals surface area contributed by atoms with Crippen LogP contribution in [0.15, 0.2) is 18.2 Å². The van der Waals surface area contributed by atoms with Crippen LogP contribution in [0.2, 0.25) is 0 Å². The van der Waals surface area contributed by atoms with Gasteiger partial charge in [0.2, 0.25) is 0 Å². The van der Waals surface area contributed by atoms with Crippen LogP contribution < -0.4 is 14.8 Å². The summed E-state index contributed by atoms with van der Waals surface area (Å²) >= 11 is 0. The number of nitrogens with one attached hydrogen (secondary N) is 1. The molecule has 2 aliphatic rings. The molecule has 1 N–H and O–H groups in total. The highest BCUT2D eigenvalue weighted by Gasteiger charge is 2.20. The zero-order chi connectivity index (χ0) is 14.5. The molecule has 0 saturated carbocycles. The summed E-state index contributed by atoms with van der Waals surface area (Å²) in [6.45, 7) is 6.43. The van der Waals surface area contributed by atoms with Crippen LogP contribution in [0.25, 0.3) is 0 Å². The smallest absolute Gasteiger partial charge is 0.161 e. The first-order valence-corrected chi connectivity index (χ1v) is 8.02. The molecule has 0 radical (unpaired) electrons. The largest absolute Gasteiger partial charge is 0.490 e. The van der Waals surface area contributed by atoms with Crippen molar-refractivity contribution in [2.45, 2.75) is 38.8 Å². The number of fused-ring (bicyclic) bond motifs is 1. The summed E-state index contributed by atoms with van der Waals surface area (Å²) < 4.78 is 16.8. The molecule has 0 spiro atoms. The molecule has 1 saturated heterocycles. The average Bonchev–Trinajstić information content (AvgIpc) is 2.78. The SMILES string of the molecule is CC(NCc1ccc2c(c1)OCCCO2)C1CCOCC1. The maximum Gasteiger partial charge on any atom is 0.161 e. The molecule has 2 aliphatic heterocycles. The summed E-state index contributed by atoms with van der Waals surface area (Å²) in [7, 11) is 0. The minimum Gasteiger partial charge on any atom is -0.490 e. The van der Waals surface area contributed by atoms with Crippen LogP contribution in [-0.4, -0.2) is 32.5 Å². The van der Waals surface area contributed by atoms with Crippen LogP contribution in [0.1, 0.15) is 31.7 Å². The minimum absolute atomic E-state index is 0.518. The molecule has 0 aliphatic carbocycles. The van der Waals surface area contributed by atoms with Crippen molar-refractivity contribution in [2.75, 3.05) is 26.4 Å². The van der Waals surface area contributed by atoms with Gasteiger partial charge in [0.25, 0.3) is 0 Å². The van der Waals surface area contributed by atoms with E-state index in [4.69, 9.17) is 14.2 Å². The first kappa shape index (κ1) is 14.7. The van der Waals surface area contributed by atoms with Crippen LogP contribution in [0.5, 0.6) is 11.5 Å². The number of hydrogen-bond acceptors (Lipinski definition) is 4. The molecule has 0 bridgehead atoms. The molecule has 1 aromatic rings. The van der Waals surface area contributed by atoms with Crippen LogP contribution in [-0.2, 0) is 11.3 Å². The summed E-state index contributed by atoms with van der Waals surface area (Å²) in [6.07, 6.45) is 3.27. The summed E-state index contributed by atoms with van der Waals surface area (Å²) in [5, 5.41) is 3.64. The van der Waals surface area contributed by atoms with Crippen molar-refractivity contribution in [3.05, 3.63) is 23.8 Å². The molecule has 0 amide bonds. The van der Waals surface area contributed by atoms with Crippen molar-refractivity contribution in [3.8, 4) is 11.5 Å². The fourth-order valence-corrected chi connectivity index (χ4v) is 2.98. The van der Waals surface area contributed by atoms with Gasteiger partial charge in [-0.2, -0.15) is 0 Å². The van der Waals surface area contributed by atoms with Gasteiger partial charge in [-0.05, 0) is 43.4 Å². The van der Waals surface area contributed by atoms with E-state index in [2.05, 4.69) is 24.4 Å². The van der Waals surface area contributed by atoms with Gasteiger partial charge < -0.3 is 19.5 Å². The molecule has 2 heterocycles. The monoisotopic (exact) mass is 291 g/mol. The number of ether oxygens (including phenoxy) is 3. The van der Waals surface area contributed by atoms with E-state index in [1.807, 2.05) is 6.07 Å². The molecule has 4 nitrogen and oxygen atoms in total.